The third kappa shape index (κ3) is 1.65. The van der Waals surface area contributed by atoms with E-state index in [0.717, 1.165) is 0 Å². The highest BCUT2D eigenvalue weighted by Crippen LogP contribution is 2.27. The van der Waals surface area contributed by atoms with Crippen LogP contribution in [-0.4, -0.2) is 10.1 Å². The normalized spacial score (nSPS) is 13.0. The lowest BCUT2D eigenvalue weighted by atomic mass is 10.0. The van der Waals surface area contributed by atoms with Crippen LogP contribution in [0.1, 0.15) is 23.0 Å². The molecule has 2 aromatic heterocycles. The van der Waals surface area contributed by atoms with Crippen LogP contribution in [0.2, 0.25) is 0 Å². The standard InChI is InChI=1S/C13H11NO4/c1-7-9(4-5-17-7)12(15)8-2-3-10-11(6-8)18-13(16)14-10/h2-6,12,15H,1H3,(H,14,16). The third-order valence-electron chi connectivity index (χ3n) is 2.95. The number of hydrogen-bond acceptors (Lipinski definition) is 4. The first-order valence-corrected chi connectivity index (χ1v) is 5.50. The van der Waals surface area contributed by atoms with Gasteiger partial charge in [-0.2, -0.15) is 0 Å². The number of aliphatic hydroxyl groups excluding tert-OH is 1. The second-order valence-corrected chi connectivity index (χ2v) is 4.10. The Morgan fingerprint density at radius 1 is 1.33 bits per heavy atom. The highest BCUT2D eigenvalue weighted by atomic mass is 16.4. The van der Waals surface area contributed by atoms with E-state index in [9.17, 15) is 9.90 Å². The van der Waals surface area contributed by atoms with Gasteiger partial charge in [0.2, 0.25) is 0 Å². The van der Waals surface area contributed by atoms with E-state index in [0.29, 0.717) is 28.0 Å². The van der Waals surface area contributed by atoms with Gasteiger partial charge in [-0.05, 0) is 30.7 Å². The molecule has 1 atom stereocenters. The van der Waals surface area contributed by atoms with Crippen molar-refractivity contribution in [3.05, 3.63) is 58.0 Å². The van der Waals surface area contributed by atoms with Gasteiger partial charge in [0.05, 0.1) is 11.8 Å². The molecule has 0 bridgehead atoms. The van der Waals surface area contributed by atoms with Crippen LogP contribution in [0, 0.1) is 6.92 Å². The predicted octanol–water partition coefficient (Wildman–Crippen LogP) is 2.10. The zero-order chi connectivity index (χ0) is 12.7. The van der Waals surface area contributed by atoms with Crippen molar-refractivity contribution in [3.8, 4) is 0 Å². The molecule has 1 aromatic carbocycles. The summed E-state index contributed by atoms with van der Waals surface area (Å²) >= 11 is 0. The number of oxazole rings is 1. The lowest BCUT2D eigenvalue weighted by Gasteiger charge is -2.09. The van der Waals surface area contributed by atoms with Crippen LogP contribution in [0.25, 0.3) is 11.1 Å². The number of aryl methyl sites for hydroxylation is 1. The molecular formula is C13H11NO4. The Kier molecular flexibility index (Phi) is 2.34. The van der Waals surface area contributed by atoms with E-state index in [4.69, 9.17) is 8.83 Å². The largest absolute Gasteiger partial charge is 0.469 e. The minimum atomic E-state index is -0.798. The van der Waals surface area contributed by atoms with Crippen LogP contribution in [0.15, 0.2) is 44.2 Å². The number of hydrogen-bond donors (Lipinski definition) is 2. The molecule has 5 nitrogen and oxygen atoms in total. The van der Waals surface area contributed by atoms with E-state index < -0.39 is 11.9 Å². The average Bonchev–Trinajstić information content (AvgIpc) is 2.91. The summed E-state index contributed by atoms with van der Waals surface area (Å²) in [7, 11) is 0. The Morgan fingerprint density at radius 3 is 2.89 bits per heavy atom. The van der Waals surface area contributed by atoms with Crippen LogP contribution in [0.5, 0.6) is 0 Å². The van der Waals surface area contributed by atoms with Crippen molar-refractivity contribution in [2.75, 3.05) is 0 Å². The molecule has 0 aliphatic heterocycles. The number of aromatic amines is 1. The quantitative estimate of drug-likeness (QED) is 0.724. The number of H-pyrrole nitrogens is 1. The van der Waals surface area contributed by atoms with Gasteiger partial charge in [0.15, 0.2) is 5.58 Å². The Balaban J connectivity index is 2.09. The molecule has 0 aliphatic carbocycles. The Morgan fingerprint density at radius 2 is 2.17 bits per heavy atom. The fourth-order valence-electron chi connectivity index (χ4n) is 1.99. The molecule has 3 rings (SSSR count). The van der Waals surface area contributed by atoms with Crippen molar-refractivity contribution in [2.24, 2.45) is 0 Å². The SMILES string of the molecule is Cc1occc1C(O)c1ccc2[nH]c(=O)oc2c1. The maximum Gasteiger partial charge on any atom is 0.417 e. The maximum absolute atomic E-state index is 11.1. The minimum Gasteiger partial charge on any atom is -0.469 e. The monoisotopic (exact) mass is 245 g/mol. The smallest absolute Gasteiger partial charge is 0.417 e. The van der Waals surface area contributed by atoms with E-state index in [1.807, 2.05) is 0 Å². The molecule has 0 aliphatic rings. The van der Waals surface area contributed by atoms with Gasteiger partial charge in [0.25, 0.3) is 0 Å². The third-order valence-corrected chi connectivity index (χ3v) is 2.95. The van der Waals surface area contributed by atoms with Gasteiger partial charge in [-0.25, -0.2) is 4.79 Å². The number of furan rings is 1. The van der Waals surface area contributed by atoms with Gasteiger partial charge < -0.3 is 13.9 Å². The molecule has 2 N–H and O–H groups in total. The molecule has 0 radical (unpaired) electrons. The summed E-state index contributed by atoms with van der Waals surface area (Å²) in [6, 6.07) is 6.81. The van der Waals surface area contributed by atoms with E-state index in [1.54, 1.807) is 31.2 Å². The Labute approximate surface area is 102 Å². The van der Waals surface area contributed by atoms with Gasteiger partial charge in [-0.15, -0.1) is 0 Å². The Bertz CT molecular complexity index is 750. The van der Waals surface area contributed by atoms with E-state index >= 15 is 0 Å². The zero-order valence-corrected chi connectivity index (χ0v) is 9.64. The lowest BCUT2D eigenvalue weighted by molar-refractivity contribution is 0.218. The molecule has 0 fully saturated rings. The van der Waals surface area contributed by atoms with Crippen LogP contribution in [0.4, 0.5) is 0 Å². The number of benzene rings is 1. The van der Waals surface area contributed by atoms with Crippen molar-refractivity contribution in [2.45, 2.75) is 13.0 Å². The van der Waals surface area contributed by atoms with Crippen LogP contribution >= 0.6 is 0 Å². The molecule has 0 spiro atoms. The first kappa shape index (κ1) is 10.9. The topological polar surface area (TPSA) is 79.4 Å². The first-order chi connectivity index (χ1) is 8.65. The molecule has 92 valence electrons. The van der Waals surface area contributed by atoms with E-state index in [1.165, 1.54) is 6.26 Å². The van der Waals surface area contributed by atoms with Crippen molar-refractivity contribution < 1.29 is 13.9 Å². The molecule has 0 amide bonds. The van der Waals surface area contributed by atoms with Crippen LogP contribution < -0.4 is 5.76 Å². The molecular weight excluding hydrogens is 234 g/mol. The summed E-state index contributed by atoms with van der Waals surface area (Å²) in [6.45, 7) is 1.79. The number of aromatic nitrogens is 1. The van der Waals surface area contributed by atoms with Crippen molar-refractivity contribution in [3.63, 3.8) is 0 Å². The first-order valence-electron chi connectivity index (χ1n) is 5.50. The Hall–Kier alpha value is -2.27. The molecule has 0 saturated carbocycles. The number of rotatable bonds is 2. The van der Waals surface area contributed by atoms with Crippen molar-refractivity contribution in [1.29, 1.82) is 0 Å². The summed E-state index contributed by atoms with van der Waals surface area (Å²) in [5.41, 5.74) is 2.39. The van der Waals surface area contributed by atoms with Gasteiger partial charge in [0.1, 0.15) is 11.9 Å². The summed E-state index contributed by atoms with van der Waals surface area (Å²) in [5, 5.41) is 10.2. The molecule has 18 heavy (non-hydrogen) atoms. The second-order valence-electron chi connectivity index (χ2n) is 4.10. The van der Waals surface area contributed by atoms with Gasteiger partial charge in [-0.3, -0.25) is 4.98 Å². The second kappa shape index (κ2) is 3.89. The molecule has 2 heterocycles. The number of aliphatic hydroxyl groups is 1. The maximum atomic E-state index is 11.1. The number of fused-ring (bicyclic) bond motifs is 1. The summed E-state index contributed by atoms with van der Waals surface area (Å²) in [5.74, 6) is 0.161. The minimum absolute atomic E-state index is 0.428. The average molecular weight is 245 g/mol. The molecule has 1 unspecified atom stereocenters. The molecule has 5 heteroatoms. The van der Waals surface area contributed by atoms with Crippen molar-refractivity contribution in [1.82, 2.24) is 4.98 Å². The summed E-state index contributed by atoms with van der Waals surface area (Å²) in [6.07, 6.45) is 0.733. The number of nitrogens with one attached hydrogen (secondary N) is 1. The predicted molar refractivity (Wildman–Crippen MR) is 64.3 cm³/mol. The lowest BCUT2D eigenvalue weighted by Crippen LogP contribution is -1.99. The molecule has 0 saturated heterocycles. The fourth-order valence-corrected chi connectivity index (χ4v) is 1.99. The van der Waals surface area contributed by atoms with Gasteiger partial charge in [0, 0.05) is 5.56 Å². The highest BCUT2D eigenvalue weighted by molar-refractivity contribution is 5.73. The van der Waals surface area contributed by atoms with Crippen molar-refractivity contribution >= 4 is 11.1 Å². The zero-order valence-electron chi connectivity index (χ0n) is 9.64. The fraction of sp³-hybridized carbons (Fsp3) is 0.154. The highest BCUT2D eigenvalue weighted by Gasteiger charge is 2.16. The van der Waals surface area contributed by atoms with Gasteiger partial charge >= 0.3 is 5.76 Å². The van der Waals surface area contributed by atoms with Crippen LogP contribution in [0.3, 0.4) is 0 Å². The summed E-state index contributed by atoms with van der Waals surface area (Å²) < 4.78 is 10.1. The molecule has 3 aromatic rings. The van der Waals surface area contributed by atoms with Crippen LogP contribution in [-0.2, 0) is 0 Å². The van der Waals surface area contributed by atoms with E-state index in [-0.39, 0.29) is 0 Å². The van der Waals surface area contributed by atoms with E-state index in [2.05, 4.69) is 4.98 Å². The summed E-state index contributed by atoms with van der Waals surface area (Å²) in [4.78, 5) is 13.6. The van der Waals surface area contributed by atoms with Gasteiger partial charge in [-0.1, -0.05) is 6.07 Å².